The van der Waals surface area contributed by atoms with Gasteiger partial charge in [-0.05, 0) is 30.0 Å². The Kier molecular flexibility index (Phi) is 5.06. The second kappa shape index (κ2) is 6.79. The zero-order valence-corrected chi connectivity index (χ0v) is 12.7. The van der Waals surface area contributed by atoms with Crippen molar-refractivity contribution in [1.29, 1.82) is 0 Å². The second-order valence-corrected chi connectivity index (χ2v) is 6.06. The highest BCUT2D eigenvalue weighted by molar-refractivity contribution is 8.13. The molecule has 1 aromatic rings. The van der Waals surface area contributed by atoms with Crippen LogP contribution in [0.15, 0.2) is 24.3 Å². The van der Waals surface area contributed by atoms with Crippen molar-refractivity contribution in [2.45, 2.75) is 26.2 Å². The van der Waals surface area contributed by atoms with Crippen LogP contribution in [0.25, 0.3) is 0 Å². The Bertz CT molecular complexity index is 487. The van der Waals surface area contributed by atoms with Gasteiger partial charge < -0.3 is 10.2 Å². The maximum Gasteiger partial charge on any atom is 0.282 e. The van der Waals surface area contributed by atoms with Crippen LogP contribution in [0.3, 0.4) is 0 Å². The molecular formula is C15H20N2O2S. The molecule has 1 saturated heterocycles. The van der Waals surface area contributed by atoms with Crippen molar-refractivity contribution in [3.63, 3.8) is 0 Å². The maximum atomic E-state index is 11.9. The highest BCUT2D eigenvalue weighted by Gasteiger charge is 2.23. The highest BCUT2D eigenvalue weighted by Crippen LogP contribution is 2.21. The third-order valence-electron chi connectivity index (χ3n) is 3.56. The second-order valence-electron chi connectivity index (χ2n) is 5.02. The van der Waals surface area contributed by atoms with E-state index < -0.39 is 0 Å². The molecule has 0 bridgehead atoms. The summed E-state index contributed by atoms with van der Waals surface area (Å²) in [6, 6.07) is 7.92. The number of benzene rings is 1. The summed E-state index contributed by atoms with van der Waals surface area (Å²) >= 11 is 1.27. The number of carbonyl (C=O) groups is 2. The molecule has 0 spiro atoms. The lowest BCUT2D eigenvalue weighted by atomic mass is 9.99. The number of nitrogens with zero attached hydrogens (tertiary/aromatic N) is 1. The van der Waals surface area contributed by atoms with E-state index in [9.17, 15) is 9.59 Å². The Hall–Kier alpha value is -1.49. The fourth-order valence-corrected chi connectivity index (χ4v) is 2.90. The largest absolute Gasteiger partial charge is 0.325 e. The fraction of sp³-hybridized carbons (Fsp3) is 0.467. The first-order valence-corrected chi connectivity index (χ1v) is 7.90. The molecule has 2 amide bonds. The van der Waals surface area contributed by atoms with Crippen LogP contribution in [-0.4, -0.2) is 34.9 Å². The molecule has 0 aromatic heterocycles. The number of anilines is 1. The number of amides is 2. The Morgan fingerprint density at radius 3 is 2.65 bits per heavy atom. The van der Waals surface area contributed by atoms with Gasteiger partial charge in [-0.2, -0.15) is 0 Å². The maximum absolute atomic E-state index is 11.9. The van der Waals surface area contributed by atoms with Gasteiger partial charge in [-0.15, -0.1) is 0 Å². The molecule has 0 radical (unpaired) electrons. The first-order chi connectivity index (χ1) is 9.60. The predicted molar refractivity (Wildman–Crippen MR) is 83.2 cm³/mol. The number of nitrogens with one attached hydrogen (secondary N) is 1. The zero-order chi connectivity index (χ0) is 14.5. The van der Waals surface area contributed by atoms with E-state index in [1.54, 1.807) is 4.90 Å². The van der Waals surface area contributed by atoms with Crippen molar-refractivity contribution in [2.24, 2.45) is 0 Å². The minimum Gasteiger partial charge on any atom is -0.325 e. The van der Waals surface area contributed by atoms with Crippen LogP contribution < -0.4 is 5.32 Å². The lowest BCUT2D eigenvalue weighted by Crippen LogP contribution is -2.33. The van der Waals surface area contributed by atoms with Crippen LogP contribution in [0.1, 0.15) is 31.7 Å². The molecule has 1 aliphatic heterocycles. The first kappa shape index (κ1) is 14.9. The summed E-state index contributed by atoms with van der Waals surface area (Å²) in [6.45, 7) is 5.14. The molecule has 1 aromatic carbocycles. The summed E-state index contributed by atoms with van der Waals surface area (Å²) in [7, 11) is 0. The van der Waals surface area contributed by atoms with Gasteiger partial charge in [0.1, 0.15) is 6.54 Å². The van der Waals surface area contributed by atoms with Gasteiger partial charge >= 0.3 is 0 Å². The molecule has 0 saturated carbocycles. The molecule has 0 unspecified atom stereocenters. The van der Waals surface area contributed by atoms with E-state index in [1.165, 1.54) is 17.3 Å². The molecule has 1 heterocycles. The molecule has 5 heteroatoms. The summed E-state index contributed by atoms with van der Waals surface area (Å²) in [4.78, 5) is 24.9. The molecule has 20 heavy (non-hydrogen) atoms. The van der Waals surface area contributed by atoms with Crippen LogP contribution in [0.2, 0.25) is 0 Å². The van der Waals surface area contributed by atoms with E-state index in [1.807, 2.05) is 24.3 Å². The minimum absolute atomic E-state index is 0.00716. The van der Waals surface area contributed by atoms with Crippen molar-refractivity contribution in [2.75, 3.05) is 24.2 Å². The monoisotopic (exact) mass is 292 g/mol. The SMILES string of the molecule is CC[C@H](C)c1ccc(NC(=O)CN2CCSC2=O)cc1. The molecule has 1 fully saturated rings. The number of carbonyl (C=O) groups excluding carboxylic acids is 2. The van der Waals surface area contributed by atoms with Crippen LogP contribution in [0.4, 0.5) is 10.5 Å². The average molecular weight is 292 g/mol. The molecule has 1 N–H and O–H groups in total. The normalized spacial score (nSPS) is 16.3. The number of hydrogen-bond acceptors (Lipinski definition) is 3. The number of rotatable bonds is 5. The van der Waals surface area contributed by atoms with Crippen molar-refractivity contribution in [3.05, 3.63) is 29.8 Å². The van der Waals surface area contributed by atoms with Gasteiger partial charge in [0.05, 0.1) is 0 Å². The van der Waals surface area contributed by atoms with Crippen LogP contribution in [0.5, 0.6) is 0 Å². The molecule has 1 aliphatic rings. The van der Waals surface area contributed by atoms with E-state index in [2.05, 4.69) is 19.2 Å². The van der Waals surface area contributed by atoms with Gasteiger partial charge in [-0.1, -0.05) is 37.7 Å². The van der Waals surface area contributed by atoms with Crippen molar-refractivity contribution < 1.29 is 9.59 Å². The molecule has 0 aliphatic carbocycles. The van der Waals surface area contributed by atoms with Crippen molar-refractivity contribution >= 4 is 28.6 Å². The third-order valence-corrected chi connectivity index (χ3v) is 4.45. The van der Waals surface area contributed by atoms with E-state index in [-0.39, 0.29) is 17.7 Å². The van der Waals surface area contributed by atoms with Gasteiger partial charge in [0.2, 0.25) is 5.91 Å². The van der Waals surface area contributed by atoms with Crippen molar-refractivity contribution in [1.82, 2.24) is 4.90 Å². The summed E-state index contributed by atoms with van der Waals surface area (Å²) < 4.78 is 0. The first-order valence-electron chi connectivity index (χ1n) is 6.91. The Balaban J connectivity index is 1.89. The van der Waals surface area contributed by atoms with Gasteiger partial charge in [-0.3, -0.25) is 9.59 Å². The molecular weight excluding hydrogens is 272 g/mol. The minimum atomic E-state index is -0.142. The molecule has 1 atom stereocenters. The Labute approximate surface area is 123 Å². The number of hydrogen-bond donors (Lipinski definition) is 1. The zero-order valence-electron chi connectivity index (χ0n) is 11.9. The smallest absolute Gasteiger partial charge is 0.282 e. The fourth-order valence-electron chi connectivity index (χ4n) is 2.07. The van der Waals surface area contributed by atoms with Gasteiger partial charge in [0, 0.05) is 18.0 Å². The van der Waals surface area contributed by atoms with Crippen LogP contribution in [0, 0.1) is 0 Å². The molecule has 4 nitrogen and oxygen atoms in total. The summed E-state index contributed by atoms with van der Waals surface area (Å²) in [5.74, 6) is 1.16. The van der Waals surface area contributed by atoms with Crippen molar-refractivity contribution in [3.8, 4) is 0 Å². The third kappa shape index (κ3) is 3.76. The van der Waals surface area contributed by atoms with E-state index in [4.69, 9.17) is 0 Å². The summed E-state index contributed by atoms with van der Waals surface area (Å²) in [5.41, 5.74) is 2.05. The number of thioether (sulfide) groups is 1. The lowest BCUT2D eigenvalue weighted by molar-refractivity contribution is -0.116. The van der Waals surface area contributed by atoms with Gasteiger partial charge in [-0.25, -0.2) is 0 Å². The van der Waals surface area contributed by atoms with Gasteiger partial charge in [0.25, 0.3) is 5.24 Å². The van der Waals surface area contributed by atoms with E-state index in [0.29, 0.717) is 12.5 Å². The topological polar surface area (TPSA) is 49.4 Å². The Morgan fingerprint density at radius 2 is 2.10 bits per heavy atom. The van der Waals surface area contributed by atoms with E-state index >= 15 is 0 Å². The van der Waals surface area contributed by atoms with E-state index in [0.717, 1.165) is 17.9 Å². The lowest BCUT2D eigenvalue weighted by Gasteiger charge is -2.14. The standard InChI is InChI=1S/C15H20N2O2S/c1-3-11(2)12-4-6-13(7-5-12)16-14(18)10-17-8-9-20-15(17)19/h4-7,11H,3,8-10H2,1-2H3,(H,16,18)/t11-/m0/s1. The van der Waals surface area contributed by atoms with Crippen LogP contribution >= 0.6 is 11.8 Å². The highest BCUT2D eigenvalue weighted by atomic mass is 32.2. The predicted octanol–water partition coefficient (Wildman–Crippen LogP) is 3.31. The average Bonchev–Trinajstić information content (AvgIpc) is 2.84. The van der Waals surface area contributed by atoms with Crippen LogP contribution in [-0.2, 0) is 4.79 Å². The van der Waals surface area contributed by atoms with Gasteiger partial charge in [0.15, 0.2) is 0 Å². The Morgan fingerprint density at radius 1 is 1.40 bits per heavy atom. The summed E-state index contributed by atoms with van der Waals surface area (Å²) in [6.07, 6.45) is 1.10. The summed E-state index contributed by atoms with van der Waals surface area (Å²) in [5, 5.41) is 2.82. The molecule has 108 valence electrons. The molecule has 2 rings (SSSR count). The quantitative estimate of drug-likeness (QED) is 0.906.